The Kier molecular flexibility index (Phi) is 6.81. The molecule has 51 heavy (non-hydrogen) atoms. The molecule has 3 nitrogen and oxygen atoms in total. The van der Waals surface area contributed by atoms with Gasteiger partial charge >= 0.3 is 0 Å². The highest BCUT2D eigenvalue weighted by molar-refractivity contribution is 6.26. The van der Waals surface area contributed by atoms with E-state index in [2.05, 4.69) is 157 Å². The fourth-order valence-electron chi connectivity index (χ4n) is 7.81. The van der Waals surface area contributed by atoms with Gasteiger partial charge in [0.2, 0.25) is 0 Å². The highest BCUT2D eigenvalue weighted by atomic mass is 15.3. The van der Waals surface area contributed by atoms with Crippen molar-refractivity contribution in [3.05, 3.63) is 188 Å². The van der Waals surface area contributed by atoms with Crippen LogP contribution in [0.5, 0.6) is 0 Å². The van der Waals surface area contributed by atoms with Crippen LogP contribution in [0.3, 0.4) is 0 Å². The first-order valence-corrected chi connectivity index (χ1v) is 17.3. The molecule has 0 unspecified atom stereocenters. The molecule has 0 aliphatic carbocycles. The van der Waals surface area contributed by atoms with Gasteiger partial charge in [0.15, 0.2) is 5.82 Å². The molecule has 0 fully saturated rings. The smallest absolute Gasteiger partial charge is 0.181 e. The van der Waals surface area contributed by atoms with E-state index in [4.69, 9.17) is 5.10 Å². The normalized spacial score (nSPS) is 11.5. The third kappa shape index (κ3) is 4.82. The van der Waals surface area contributed by atoms with Crippen molar-refractivity contribution in [1.82, 2.24) is 14.8 Å². The average molecular weight is 650 g/mol. The summed E-state index contributed by atoms with van der Waals surface area (Å²) in [7, 11) is 0. The molecule has 0 saturated carbocycles. The van der Waals surface area contributed by atoms with Crippen LogP contribution in [0.25, 0.3) is 93.5 Å². The van der Waals surface area contributed by atoms with Gasteiger partial charge in [0.1, 0.15) is 6.33 Å². The molecule has 9 aromatic carbocycles. The van der Waals surface area contributed by atoms with E-state index < -0.39 is 0 Å². The van der Waals surface area contributed by atoms with Gasteiger partial charge < -0.3 is 0 Å². The van der Waals surface area contributed by atoms with Gasteiger partial charge in [0.25, 0.3) is 0 Å². The third-order valence-corrected chi connectivity index (χ3v) is 10.1. The van der Waals surface area contributed by atoms with Crippen LogP contribution in [0.2, 0.25) is 0 Å². The highest BCUT2D eigenvalue weighted by Crippen LogP contribution is 2.48. The van der Waals surface area contributed by atoms with E-state index >= 15 is 0 Å². The summed E-state index contributed by atoms with van der Waals surface area (Å²) in [6.45, 7) is 0. The van der Waals surface area contributed by atoms with Gasteiger partial charge in [-0.25, -0.2) is 9.67 Å². The molecule has 0 spiro atoms. The minimum Gasteiger partial charge on any atom is -0.220 e. The number of fused-ring (bicyclic) bond motifs is 4. The van der Waals surface area contributed by atoms with E-state index in [1.165, 1.54) is 71.1 Å². The zero-order chi connectivity index (χ0) is 33.7. The van der Waals surface area contributed by atoms with Gasteiger partial charge in [-0.1, -0.05) is 170 Å². The fourth-order valence-corrected chi connectivity index (χ4v) is 7.81. The predicted octanol–water partition coefficient (Wildman–Crippen LogP) is 12.5. The van der Waals surface area contributed by atoms with Crippen LogP contribution in [0.1, 0.15) is 0 Å². The molecule has 0 radical (unpaired) electrons. The first-order chi connectivity index (χ1) is 25.3. The van der Waals surface area contributed by atoms with E-state index in [9.17, 15) is 0 Å². The van der Waals surface area contributed by atoms with Crippen molar-refractivity contribution >= 4 is 43.1 Å². The summed E-state index contributed by atoms with van der Waals surface area (Å²) in [5.74, 6) is 0.707. The third-order valence-electron chi connectivity index (χ3n) is 10.1. The minimum absolute atomic E-state index is 0.707. The summed E-state index contributed by atoms with van der Waals surface area (Å²) >= 11 is 0. The zero-order valence-corrected chi connectivity index (χ0v) is 27.7. The van der Waals surface area contributed by atoms with Gasteiger partial charge in [-0.2, -0.15) is 0 Å². The fraction of sp³-hybridized carbons (Fsp3) is 0. The van der Waals surface area contributed by atoms with Crippen molar-refractivity contribution in [1.29, 1.82) is 0 Å². The Labute approximate surface area is 295 Å². The molecule has 0 aliphatic rings. The second kappa shape index (κ2) is 11.9. The van der Waals surface area contributed by atoms with Crippen molar-refractivity contribution in [2.45, 2.75) is 0 Å². The second-order valence-corrected chi connectivity index (χ2v) is 13.0. The molecule has 10 rings (SSSR count). The van der Waals surface area contributed by atoms with Gasteiger partial charge in [-0.3, -0.25) is 0 Å². The minimum atomic E-state index is 0.707. The molecule has 0 aliphatic heterocycles. The Morgan fingerprint density at radius 1 is 0.353 bits per heavy atom. The largest absolute Gasteiger partial charge is 0.220 e. The number of aromatic nitrogens is 3. The number of nitrogens with zero attached hydrogens (tertiary/aromatic N) is 3. The van der Waals surface area contributed by atoms with Crippen LogP contribution in [-0.2, 0) is 0 Å². The lowest BCUT2D eigenvalue weighted by molar-refractivity contribution is 0.889. The number of rotatable bonds is 5. The molecular weight excluding hydrogens is 619 g/mol. The van der Waals surface area contributed by atoms with Crippen molar-refractivity contribution in [3.63, 3.8) is 0 Å². The topological polar surface area (TPSA) is 30.7 Å². The summed E-state index contributed by atoms with van der Waals surface area (Å²) in [5, 5.41) is 14.6. The second-order valence-electron chi connectivity index (χ2n) is 13.0. The van der Waals surface area contributed by atoms with Crippen LogP contribution < -0.4 is 0 Å². The Bertz CT molecular complexity index is 2900. The first-order valence-electron chi connectivity index (χ1n) is 17.3. The molecule has 3 heteroatoms. The van der Waals surface area contributed by atoms with E-state index in [0.717, 1.165) is 16.6 Å². The Hall–Kier alpha value is -6.84. The molecular formula is C48H31N3. The average Bonchev–Trinajstić information content (AvgIpc) is 3.70. The number of hydrogen-bond acceptors (Lipinski definition) is 2. The van der Waals surface area contributed by atoms with Crippen molar-refractivity contribution < 1.29 is 0 Å². The van der Waals surface area contributed by atoms with Crippen LogP contribution in [0.4, 0.5) is 0 Å². The maximum absolute atomic E-state index is 4.92. The standard InChI is InChI=1S/C48H31N3/c1-3-14-32(15-4-1)35-26-27-43-44(30-35)47(41-24-12-11-23-40(41)46(43)39-25-13-19-33-16-7-8-20-36(33)39)42-28-29-45(38-22-10-9-21-37(38)42)51-31-49-48(50-51)34-17-5-2-6-18-34/h1-31H. The van der Waals surface area contributed by atoms with Gasteiger partial charge in [-0.05, 0) is 83.2 Å². The van der Waals surface area contributed by atoms with Crippen LogP contribution in [-0.4, -0.2) is 14.8 Å². The Balaban J connectivity index is 1.29. The molecule has 238 valence electrons. The lowest BCUT2D eigenvalue weighted by atomic mass is 9.82. The molecule has 0 bridgehead atoms. The van der Waals surface area contributed by atoms with Gasteiger partial charge in [0.05, 0.1) is 5.69 Å². The van der Waals surface area contributed by atoms with Gasteiger partial charge in [-0.15, -0.1) is 5.10 Å². The van der Waals surface area contributed by atoms with Crippen LogP contribution in [0.15, 0.2) is 188 Å². The van der Waals surface area contributed by atoms with E-state index in [1.807, 2.05) is 41.3 Å². The van der Waals surface area contributed by atoms with Gasteiger partial charge in [0, 0.05) is 10.9 Å². The quantitative estimate of drug-likeness (QED) is 0.174. The summed E-state index contributed by atoms with van der Waals surface area (Å²) in [6, 6.07) is 65.3. The van der Waals surface area contributed by atoms with Crippen LogP contribution in [0, 0.1) is 0 Å². The number of hydrogen-bond donors (Lipinski definition) is 0. The summed E-state index contributed by atoms with van der Waals surface area (Å²) < 4.78 is 1.90. The van der Waals surface area contributed by atoms with Crippen molar-refractivity contribution in [3.8, 4) is 50.5 Å². The lowest BCUT2D eigenvalue weighted by Gasteiger charge is -2.21. The van der Waals surface area contributed by atoms with E-state index in [0.29, 0.717) is 5.82 Å². The maximum atomic E-state index is 4.92. The van der Waals surface area contributed by atoms with Crippen molar-refractivity contribution in [2.24, 2.45) is 0 Å². The van der Waals surface area contributed by atoms with Crippen LogP contribution >= 0.6 is 0 Å². The highest BCUT2D eigenvalue weighted by Gasteiger charge is 2.21. The SMILES string of the molecule is c1ccc(-c2ccc3c(-c4cccc5ccccc45)c4ccccc4c(-c4ccc(-n5cnc(-c6ccccc6)n5)c5ccccc45)c3c2)cc1. The Morgan fingerprint density at radius 3 is 1.69 bits per heavy atom. The summed E-state index contributed by atoms with van der Waals surface area (Å²) in [5.41, 5.74) is 9.31. The summed E-state index contributed by atoms with van der Waals surface area (Å²) in [4.78, 5) is 4.68. The molecule has 1 heterocycles. The molecule has 1 aromatic heterocycles. The maximum Gasteiger partial charge on any atom is 0.181 e. The van der Waals surface area contributed by atoms with E-state index in [1.54, 1.807) is 0 Å². The Morgan fingerprint density at radius 2 is 0.922 bits per heavy atom. The zero-order valence-electron chi connectivity index (χ0n) is 27.7. The molecule has 0 saturated heterocycles. The molecule has 0 amide bonds. The van der Waals surface area contributed by atoms with E-state index in [-0.39, 0.29) is 0 Å². The monoisotopic (exact) mass is 649 g/mol. The molecule has 10 aromatic rings. The number of benzene rings is 9. The molecule has 0 N–H and O–H groups in total. The molecule has 0 atom stereocenters. The predicted molar refractivity (Wildman–Crippen MR) is 213 cm³/mol. The summed E-state index contributed by atoms with van der Waals surface area (Å²) in [6.07, 6.45) is 1.82. The lowest BCUT2D eigenvalue weighted by Crippen LogP contribution is -1.98. The first kappa shape index (κ1) is 29.1. The van der Waals surface area contributed by atoms with Crippen molar-refractivity contribution in [2.75, 3.05) is 0 Å².